The molecule has 5 heterocycles. The molecule has 0 aromatic heterocycles. The van der Waals surface area contributed by atoms with Crippen LogP contribution in [0.25, 0.3) is 0 Å². The minimum Gasteiger partial charge on any atom is -0.394 e. The van der Waals surface area contributed by atoms with E-state index in [4.69, 9.17) is 42.6 Å². The zero-order valence-electron chi connectivity index (χ0n) is 38.0. The van der Waals surface area contributed by atoms with Crippen molar-refractivity contribution >= 4 is 0 Å². The molecular weight excluding hydrogens is 856 g/mol. The Labute approximate surface area is 379 Å². The summed E-state index contributed by atoms with van der Waals surface area (Å²) in [5, 5.41) is 108. The van der Waals surface area contributed by atoms with Crippen molar-refractivity contribution in [3.05, 3.63) is 23.3 Å². The molecule has 27 atom stereocenters. The van der Waals surface area contributed by atoms with E-state index < -0.39 is 130 Å². The van der Waals surface area contributed by atoms with Crippen LogP contribution in [0, 0.1) is 40.4 Å². The summed E-state index contributed by atoms with van der Waals surface area (Å²) in [6.45, 7) is 8.54. The Morgan fingerprint density at radius 1 is 0.738 bits per heavy atom. The molecule has 3 saturated carbocycles. The van der Waals surface area contributed by atoms with Gasteiger partial charge in [-0.05, 0) is 95.8 Å². The highest BCUT2D eigenvalue weighted by Gasteiger charge is 2.77. The van der Waals surface area contributed by atoms with Gasteiger partial charge in [0.25, 0.3) is 0 Å². The molecule has 0 aromatic carbocycles. The van der Waals surface area contributed by atoms with Crippen LogP contribution >= 0.6 is 0 Å². The first-order valence-electron chi connectivity index (χ1n) is 23.6. The Bertz CT molecular complexity index is 1770. The van der Waals surface area contributed by atoms with Crippen LogP contribution in [-0.2, 0) is 42.6 Å². The molecule has 0 aromatic rings. The van der Waals surface area contributed by atoms with Crippen LogP contribution in [0.2, 0.25) is 0 Å². The maximum Gasteiger partial charge on any atom is 0.187 e. The minimum atomic E-state index is -1.83. The van der Waals surface area contributed by atoms with Crippen LogP contribution in [0.15, 0.2) is 23.3 Å². The molecule has 5 saturated heterocycles. The molecule has 8 fully saturated rings. The molecule has 9 aliphatic rings. The van der Waals surface area contributed by atoms with Gasteiger partial charge in [0.1, 0.15) is 67.1 Å². The second kappa shape index (κ2) is 18.2. The summed E-state index contributed by atoms with van der Waals surface area (Å²) in [5.74, 6) is 0.646. The molecule has 19 nitrogen and oxygen atoms in total. The molecule has 9 rings (SSSR count). The van der Waals surface area contributed by atoms with Gasteiger partial charge in [-0.15, -0.1) is 0 Å². The third kappa shape index (κ3) is 7.75. The number of rotatable bonds is 10. The van der Waals surface area contributed by atoms with Gasteiger partial charge in [0.15, 0.2) is 31.5 Å². The van der Waals surface area contributed by atoms with E-state index in [1.807, 2.05) is 13.8 Å². The van der Waals surface area contributed by atoms with Gasteiger partial charge in [0.2, 0.25) is 0 Å². The first kappa shape index (κ1) is 48.7. The van der Waals surface area contributed by atoms with Crippen molar-refractivity contribution in [2.75, 3.05) is 20.3 Å². The van der Waals surface area contributed by atoms with E-state index in [-0.39, 0.29) is 34.7 Å². The van der Waals surface area contributed by atoms with E-state index in [9.17, 15) is 51.1 Å². The zero-order valence-corrected chi connectivity index (χ0v) is 38.0. The van der Waals surface area contributed by atoms with Gasteiger partial charge in [-0.25, -0.2) is 0 Å². The van der Waals surface area contributed by atoms with Gasteiger partial charge >= 0.3 is 0 Å². The number of allylic oxidation sites excluding steroid dienone is 2. The Morgan fingerprint density at radius 2 is 1.37 bits per heavy atom. The van der Waals surface area contributed by atoms with Crippen molar-refractivity contribution < 1.29 is 93.7 Å². The van der Waals surface area contributed by atoms with Crippen LogP contribution in [0.1, 0.15) is 79.6 Å². The first-order chi connectivity index (χ1) is 30.8. The molecular formula is C46H72O19. The molecule has 10 N–H and O–H groups in total. The number of hydrogen-bond acceptors (Lipinski definition) is 19. The van der Waals surface area contributed by atoms with E-state index >= 15 is 0 Å². The van der Waals surface area contributed by atoms with Crippen LogP contribution in [0.5, 0.6) is 0 Å². The SMILES string of the molecule is CO[C@@H]1O[C@]2(C)[C@H]3[C@H](C[C@H]4[C@@H]5CC=C6C[C@@H](O[C@@H]7O[C@H](CO)[C@@H](O)[C@H](O)[C@H]7O[C@@H]7O[C@H](CO)[C@@H](O)[C@H](O)[C@H]7O[C@@H]7O[C@@H](C)[C@H](O)[C@@H](O)[C@H]7O)CC[C@]6(C)[C@H]5CC[C@]134)O[C@@H](O)[C@@H]2C=C(C)C. The monoisotopic (exact) mass is 928 g/mol. The van der Waals surface area contributed by atoms with E-state index in [2.05, 4.69) is 26.0 Å². The molecule has 0 unspecified atom stereocenters. The number of aliphatic hydroxyl groups is 10. The second-order valence-corrected chi connectivity index (χ2v) is 21.1. The lowest BCUT2D eigenvalue weighted by atomic mass is 9.46. The molecule has 19 heteroatoms. The predicted octanol–water partition coefficient (Wildman–Crippen LogP) is -0.922. The summed E-state index contributed by atoms with van der Waals surface area (Å²) in [6, 6.07) is 0. The smallest absolute Gasteiger partial charge is 0.187 e. The highest BCUT2D eigenvalue weighted by molar-refractivity contribution is 5.29. The van der Waals surface area contributed by atoms with Gasteiger partial charge in [-0.1, -0.05) is 30.2 Å². The molecule has 0 amide bonds. The van der Waals surface area contributed by atoms with Crippen molar-refractivity contribution in [3.8, 4) is 0 Å². The summed E-state index contributed by atoms with van der Waals surface area (Å²) >= 11 is 0. The van der Waals surface area contributed by atoms with Crippen LogP contribution < -0.4 is 0 Å². The van der Waals surface area contributed by atoms with Crippen LogP contribution in [0.4, 0.5) is 0 Å². The van der Waals surface area contributed by atoms with E-state index in [0.717, 1.165) is 37.7 Å². The van der Waals surface area contributed by atoms with Gasteiger partial charge in [0, 0.05) is 18.4 Å². The Balaban J connectivity index is 0.940. The summed E-state index contributed by atoms with van der Waals surface area (Å²) in [5.41, 5.74) is 1.25. The fourth-order valence-corrected chi connectivity index (χ4v) is 14.3. The third-order valence-electron chi connectivity index (χ3n) is 17.5. The second-order valence-electron chi connectivity index (χ2n) is 21.1. The Hall–Kier alpha value is -1.28. The largest absolute Gasteiger partial charge is 0.394 e. The predicted molar refractivity (Wildman–Crippen MR) is 221 cm³/mol. The topological polar surface area (TPSA) is 285 Å². The number of hydrogen-bond donors (Lipinski definition) is 10. The van der Waals surface area contributed by atoms with Gasteiger partial charge in [-0.3, -0.25) is 0 Å². The quantitative estimate of drug-likeness (QED) is 0.119. The van der Waals surface area contributed by atoms with E-state index in [1.54, 1.807) is 7.11 Å². The maximum absolute atomic E-state index is 11.5. The average molecular weight is 929 g/mol. The van der Waals surface area contributed by atoms with E-state index in [1.165, 1.54) is 12.5 Å². The standard InChI is InChI=1S/C46H72O19/c1-18(2)13-25-39(56)60-26-15-24-22-8-7-20-14-21(9-11-44(20,4)23(22)10-12-46(24)38(26)45(25,5)65-43(46)57-6)59-41-36(33(53)30(50)27(16-47)61-41)64-42-37(34(54)31(51)28(17-48)62-42)63-40-35(55)32(52)29(49)19(3)58-40/h7,13,19,21-43,47-56H,8-12,14-17H2,1-6H3/t19-,21-,22+,23-,24-,25-,26-,27+,28+,29-,30+,31+,32+,33-,34-,35+,36+,37+,38+,39+,40-,41+,42-,43+,44-,45-,46+/m0/s1. The number of methoxy groups -OCH3 is 1. The number of aliphatic hydroxyl groups excluding tert-OH is 10. The van der Waals surface area contributed by atoms with Gasteiger partial charge < -0.3 is 93.7 Å². The third-order valence-corrected chi connectivity index (χ3v) is 17.5. The molecule has 0 bridgehead atoms. The summed E-state index contributed by atoms with van der Waals surface area (Å²) in [6.07, 6.45) is -15.8. The normalized spacial score (nSPS) is 56.2. The summed E-state index contributed by atoms with van der Waals surface area (Å²) < 4.78 is 56.0. The van der Waals surface area contributed by atoms with Gasteiger partial charge in [-0.2, -0.15) is 0 Å². The maximum atomic E-state index is 11.5. The van der Waals surface area contributed by atoms with Crippen molar-refractivity contribution in [3.63, 3.8) is 0 Å². The minimum absolute atomic E-state index is 0.0565. The van der Waals surface area contributed by atoms with Crippen LogP contribution in [-0.4, -0.2) is 194 Å². The zero-order chi connectivity index (χ0) is 46.7. The molecule has 4 aliphatic carbocycles. The molecule has 65 heavy (non-hydrogen) atoms. The van der Waals surface area contributed by atoms with E-state index in [0.29, 0.717) is 24.7 Å². The lowest BCUT2D eigenvalue weighted by Gasteiger charge is -2.58. The number of ether oxygens (including phenoxy) is 9. The van der Waals surface area contributed by atoms with Crippen molar-refractivity contribution in [1.82, 2.24) is 0 Å². The molecule has 5 aliphatic heterocycles. The highest BCUT2D eigenvalue weighted by Crippen LogP contribution is 2.74. The Morgan fingerprint density at radius 3 is 1.98 bits per heavy atom. The summed E-state index contributed by atoms with van der Waals surface area (Å²) in [7, 11) is 1.73. The van der Waals surface area contributed by atoms with Gasteiger partial charge in [0.05, 0.1) is 43.0 Å². The molecule has 1 spiro atoms. The van der Waals surface area contributed by atoms with Crippen LogP contribution in [0.3, 0.4) is 0 Å². The fraction of sp³-hybridized carbons (Fsp3) is 0.913. The number of fused-ring (bicyclic) bond motifs is 4. The fourth-order valence-electron chi connectivity index (χ4n) is 14.3. The summed E-state index contributed by atoms with van der Waals surface area (Å²) in [4.78, 5) is 0. The lowest BCUT2D eigenvalue weighted by molar-refractivity contribution is -0.394. The highest BCUT2D eigenvalue weighted by atomic mass is 16.8. The lowest BCUT2D eigenvalue weighted by Crippen LogP contribution is -2.67. The molecule has 370 valence electrons. The average Bonchev–Trinajstić information content (AvgIpc) is 3.76. The molecule has 0 radical (unpaired) electrons. The van der Waals surface area contributed by atoms with Crippen molar-refractivity contribution in [2.24, 2.45) is 40.4 Å². The van der Waals surface area contributed by atoms with Crippen molar-refractivity contribution in [2.45, 2.75) is 202 Å². The van der Waals surface area contributed by atoms with Crippen molar-refractivity contribution in [1.29, 1.82) is 0 Å². The first-order valence-corrected chi connectivity index (χ1v) is 23.6. The Kier molecular flexibility index (Phi) is 13.6.